The van der Waals surface area contributed by atoms with Crippen molar-refractivity contribution in [2.45, 2.75) is 25.4 Å². The highest BCUT2D eigenvalue weighted by Crippen LogP contribution is 2.29. The Morgan fingerprint density at radius 1 is 1.40 bits per heavy atom. The first kappa shape index (κ1) is 12.7. The zero-order valence-corrected chi connectivity index (χ0v) is 10.8. The molecule has 0 unspecified atom stereocenters. The molecule has 104 valence electrons. The Hall–Kier alpha value is -2.37. The predicted molar refractivity (Wildman–Crippen MR) is 72.3 cm³/mol. The summed E-state index contributed by atoms with van der Waals surface area (Å²) in [6.45, 7) is 0.461. The molecule has 1 fully saturated rings. The van der Waals surface area contributed by atoms with E-state index in [2.05, 4.69) is 10.2 Å². The number of hydrogen-bond donors (Lipinski definition) is 2. The summed E-state index contributed by atoms with van der Waals surface area (Å²) in [6.07, 6.45) is 1.99. The monoisotopic (exact) mass is 274 g/mol. The minimum absolute atomic E-state index is 0.124. The first-order chi connectivity index (χ1) is 9.63. The minimum Gasteiger partial charge on any atom is -0.382 e. The van der Waals surface area contributed by atoms with Crippen LogP contribution in [-0.2, 0) is 6.54 Å². The first-order valence-corrected chi connectivity index (χ1v) is 6.50. The van der Waals surface area contributed by atoms with E-state index in [1.807, 2.05) is 0 Å². The number of anilines is 1. The molecule has 0 radical (unpaired) electrons. The first-order valence-electron chi connectivity index (χ1n) is 6.50. The molecule has 20 heavy (non-hydrogen) atoms. The molecule has 1 amide bonds. The number of amides is 1. The molecule has 0 spiro atoms. The number of H-pyrrole nitrogens is 1. The van der Waals surface area contributed by atoms with Gasteiger partial charge in [0.25, 0.3) is 5.91 Å². The van der Waals surface area contributed by atoms with Crippen LogP contribution < -0.4 is 5.73 Å². The molecule has 0 bridgehead atoms. The summed E-state index contributed by atoms with van der Waals surface area (Å²) in [5, 5.41) is 6.41. The van der Waals surface area contributed by atoms with E-state index in [0.717, 1.165) is 18.4 Å². The Balaban J connectivity index is 1.79. The zero-order valence-electron chi connectivity index (χ0n) is 10.8. The lowest BCUT2D eigenvalue weighted by atomic mass is 10.2. The van der Waals surface area contributed by atoms with Gasteiger partial charge in [0.2, 0.25) is 0 Å². The van der Waals surface area contributed by atoms with Gasteiger partial charge in [0.05, 0.1) is 0 Å². The maximum Gasteiger partial charge on any atom is 0.272 e. The number of nitrogen functional groups attached to an aromatic ring is 1. The lowest BCUT2D eigenvalue weighted by molar-refractivity contribution is 0.0724. The smallest absolute Gasteiger partial charge is 0.272 e. The highest BCUT2D eigenvalue weighted by atomic mass is 19.1. The Morgan fingerprint density at radius 2 is 2.10 bits per heavy atom. The second kappa shape index (κ2) is 4.96. The molecule has 1 aromatic heterocycles. The summed E-state index contributed by atoms with van der Waals surface area (Å²) >= 11 is 0. The predicted octanol–water partition coefficient (Wildman–Crippen LogP) is 1.94. The van der Waals surface area contributed by atoms with Gasteiger partial charge in [0, 0.05) is 18.7 Å². The van der Waals surface area contributed by atoms with Crippen LogP contribution in [0.1, 0.15) is 28.9 Å². The van der Waals surface area contributed by atoms with E-state index in [1.165, 1.54) is 18.2 Å². The van der Waals surface area contributed by atoms with E-state index in [4.69, 9.17) is 5.73 Å². The fraction of sp³-hybridized carbons (Fsp3) is 0.286. The number of nitrogens with zero attached hydrogens (tertiary/aromatic N) is 2. The number of halogens is 1. The van der Waals surface area contributed by atoms with Crippen molar-refractivity contribution in [3.05, 3.63) is 47.4 Å². The number of aromatic amines is 1. The van der Waals surface area contributed by atoms with Crippen molar-refractivity contribution in [3.8, 4) is 0 Å². The van der Waals surface area contributed by atoms with E-state index in [0.29, 0.717) is 18.1 Å². The van der Waals surface area contributed by atoms with Crippen LogP contribution in [-0.4, -0.2) is 27.0 Å². The van der Waals surface area contributed by atoms with Crippen molar-refractivity contribution in [1.29, 1.82) is 0 Å². The quantitative estimate of drug-likeness (QED) is 0.894. The van der Waals surface area contributed by atoms with Crippen LogP contribution in [0.2, 0.25) is 0 Å². The van der Waals surface area contributed by atoms with Gasteiger partial charge in [0.1, 0.15) is 17.3 Å². The average Bonchev–Trinajstić information content (AvgIpc) is 3.19. The minimum atomic E-state index is -0.278. The van der Waals surface area contributed by atoms with E-state index in [-0.39, 0.29) is 17.8 Å². The maximum absolute atomic E-state index is 12.9. The van der Waals surface area contributed by atoms with Crippen molar-refractivity contribution in [1.82, 2.24) is 15.1 Å². The molecule has 6 heteroatoms. The molecular weight excluding hydrogens is 259 g/mol. The Morgan fingerprint density at radius 3 is 2.65 bits per heavy atom. The molecule has 0 saturated heterocycles. The van der Waals surface area contributed by atoms with Crippen molar-refractivity contribution in [3.63, 3.8) is 0 Å². The fourth-order valence-corrected chi connectivity index (χ4v) is 2.14. The number of rotatable bonds is 4. The van der Waals surface area contributed by atoms with Crippen LogP contribution in [0.4, 0.5) is 10.2 Å². The lowest BCUT2D eigenvalue weighted by Gasteiger charge is -2.21. The number of hydrogen-bond acceptors (Lipinski definition) is 3. The molecule has 3 N–H and O–H groups in total. The van der Waals surface area contributed by atoms with Crippen LogP contribution in [0.15, 0.2) is 30.3 Å². The second-order valence-electron chi connectivity index (χ2n) is 5.00. The number of nitrogens with one attached hydrogen (secondary N) is 1. The molecule has 1 aliphatic carbocycles. The standard InChI is InChI=1S/C14H15FN4O/c15-10-3-1-9(2-4-10)8-19(11-5-6-11)14(20)12-7-13(16)18-17-12/h1-4,7,11H,5-6,8H2,(H3,16,17,18). The molecule has 1 heterocycles. The van der Waals surface area contributed by atoms with Gasteiger partial charge >= 0.3 is 0 Å². The molecule has 1 saturated carbocycles. The van der Waals surface area contributed by atoms with Crippen LogP contribution in [0.25, 0.3) is 0 Å². The molecule has 1 aliphatic rings. The van der Waals surface area contributed by atoms with Gasteiger partial charge in [-0.3, -0.25) is 9.89 Å². The fourth-order valence-electron chi connectivity index (χ4n) is 2.14. The summed E-state index contributed by atoms with van der Waals surface area (Å²) in [5.41, 5.74) is 6.81. The van der Waals surface area contributed by atoms with Gasteiger partial charge in [-0.05, 0) is 30.5 Å². The summed E-state index contributed by atoms with van der Waals surface area (Å²) in [7, 11) is 0. The number of carbonyl (C=O) groups excluding carboxylic acids is 1. The molecule has 0 atom stereocenters. The van der Waals surface area contributed by atoms with Crippen molar-refractivity contribution >= 4 is 11.7 Å². The molecule has 3 rings (SSSR count). The van der Waals surface area contributed by atoms with Crippen molar-refractivity contribution in [2.24, 2.45) is 0 Å². The van der Waals surface area contributed by atoms with Gasteiger partial charge in [-0.25, -0.2) is 4.39 Å². The summed E-state index contributed by atoms with van der Waals surface area (Å²) in [5.74, 6) is -0.105. The summed E-state index contributed by atoms with van der Waals surface area (Å²) in [4.78, 5) is 14.2. The molecule has 2 aromatic rings. The van der Waals surface area contributed by atoms with Crippen LogP contribution in [0, 0.1) is 5.82 Å². The number of aromatic nitrogens is 2. The third-order valence-electron chi connectivity index (χ3n) is 3.34. The number of nitrogens with two attached hydrogens (primary N) is 1. The zero-order chi connectivity index (χ0) is 14.1. The number of benzene rings is 1. The van der Waals surface area contributed by atoms with Gasteiger partial charge in [-0.15, -0.1) is 0 Å². The summed E-state index contributed by atoms with van der Waals surface area (Å²) in [6, 6.07) is 7.97. The molecule has 0 aliphatic heterocycles. The largest absolute Gasteiger partial charge is 0.382 e. The highest BCUT2D eigenvalue weighted by molar-refractivity contribution is 5.93. The second-order valence-corrected chi connectivity index (χ2v) is 5.00. The normalized spacial score (nSPS) is 14.2. The molecule has 1 aromatic carbocycles. The van der Waals surface area contributed by atoms with Gasteiger partial charge in [-0.2, -0.15) is 5.10 Å². The lowest BCUT2D eigenvalue weighted by Crippen LogP contribution is -2.32. The average molecular weight is 274 g/mol. The third-order valence-corrected chi connectivity index (χ3v) is 3.34. The maximum atomic E-state index is 12.9. The van der Waals surface area contributed by atoms with Crippen LogP contribution in [0.5, 0.6) is 0 Å². The van der Waals surface area contributed by atoms with Crippen LogP contribution in [0.3, 0.4) is 0 Å². The van der Waals surface area contributed by atoms with Crippen molar-refractivity contribution < 1.29 is 9.18 Å². The summed E-state index contributed by atoms with van der Waals surface area (Å²) < 4.78 is 12.9. The SMILES string of the molecule is Nc1cc(C(=O)N(Cc2ccc(F)cc2)C2CC2)[nH]n1. The van der Waals surface area contributed by atoms with Crippen molar-refractivity contribution in [2.75, 3.05) is 5.73 Å². The topological polar surface area (TPSA) is 75.0 Å². The Bertz CT molecular complexity index is 618. The number of carbonyl (C=O) groups is 1. The Kier molecular flexibility index (Phi) is 3.14. The van der Waals surface area contributed by atoms with Gasteiger partial charge < -0.3 is 10.6 Å². The molecule has 5 nitrogen and oxygen atoms in total. The van der Waals surface area contributed by atoms with E-state index < -0.39 is 0 Å². The van der Waals surface area contributed by atoms with Gasteiger partial charge in [-0.1, -0.05) is 12.1 Å². The van der Waals surface area contributed by atoms with Crippen LogP contribution >= 0.6 is 0 Å². The Labute approximate surface area is 115 Å². The van der Waals surface area contributed by atoms with E-state index >= 15 is 0 Å². The van der Waals surface area contributed by atoms with E-state index in [9.17, 15) is 9.18 Å². The van der Waals surface area contributed by atoms with Gasteiger partial charge in [0.15, 0.2) is 0 Å². The molecular formula is C14H15FN4O. The highest BCUT2D eigenvalue weighted by Gasteiger charge is 2.33. The van der Waals surface area contributed by atoms with E-state index in [1.54, 1.807) is 17.0 Å². The third kappa shape index (κ3) is 2.64.